The van der Waals surface area contributed by atoms with Crippen LogP contribution in [0.2, 0.25) is 0 Å². The summed E-state index contributed by atoms with van der Waals surface area (Å²) in [6.07, 6.45) is 4.46. The van der Waals surface area contributed by atoms with E-state index in [1.54, 1.807) is 27.8 Å². The number of imidazole rings is 1. The summed E-state index contributed by atoms with van der Waals surface area (Å²) < 4.78 is 21.2. The Morgan fingerprint density at radius 2 is 2.19 bits per heavy atom. The third-order valence-corrected chi connectivity index (χ3v) is 5.12. The lowest BCUT2D eigenvalue weighted by Crippen LogP contribution is -2.53. The molecule has 1 atom stereocenters. The number of carbonyl (C=O) groups is 2. The molecule has 0 spiro atoms. The maximum atomic E-state index is 13.8. The number of fused-ring (bicyclic) bond motifs is 1. The fourth-order valence-corrected chi connectivity index (χ4v) is 3.77. The second-order valence-corrected chi connectivity index (χ2v) is 8.08. The van der Waals surface area contributed by atoms with Crippen LogP contribution in [-0.2, 0) is 16.1 Å². The Morgan fingerprint density at radius 1 is 1.37 bits per heavy atom. The van der Waals surface area contributed by atoms with Crippen molar-refractivity contribution in [1.82, 2.24) is 19.2 Å². The van der Waals surface area contributed by atoms with Gasteiger partial charge in [-0.05, 0) is 24.0 Å². The van der Waals surface area contributed by atoms with Crippen molar-refractivity contribution in [3.8, 4) is 0 Å². The normalized spacial score (nSPS) is 22.9. The highest BCUT2D eigenvalue weighted by molar-refractivity contribution is 5.96. The molecule has 3 amide bonds. The highest BCUT2D eigenvalue weighted by atomic mass is 19.1. The Hall–Kier alpha value is -2.48. The summed E-state index contributed by atoms with van der Waals surface area (Å²) in [6, 6.07) is 2.57. The van der Waals surface area contributed by atoms with Gasteiger partial charge in [-0.15, -0.1) is 0 Å². The van der Waals surface area contributed by atoms with Gasteiger partial charge in [0.15, 0.2) is 11.5 Å². The number of amides is 3. The fraction of sp³-hybridized carbons (Fsp3) is 0.526. The number of ether oxygens (including phenoxy) is 1. The van der Waals surface area contributed by atoms with Crippen molar-refractivity contribution in [1.29, 1.82) is 0 Å². The smallest absolute Gasteiger partial charge is 0.327 e. The lowest BCUT2D eigenvalue weighted by molar-refractivity contribution is -0.131. The molecule has 2 aromatic rings. The lowest BCUT2D eigenvalue weighted by atomic mass is 9.90. The molecule has 2 fully saturated rings. The molecule has 0 radical (unpaired) electrons. The average molecular weight is 374 g/mol. The van der Waals surface area contributed by atoms with Crippen LogP contribution in [0, 0.1) is 11.2 Å². The van der Waals surface area contributed by atoms with Crippen molar-refractivity contribution in [2.75, 3.05) is 19.7 Å². The average Bonchev–Trinajstić information content (AvgIpc) is 3.17. The van der Waals surface area contributed by atoms with E-state index in [4.69, 9.17) is 4.74 Å². The minimum absolute atomic E-state index is 0.0108. The van der Waals surface area contributed by atoms with Crippen molar-refractivity contribution >= 4 is 17.6 Å². The number of carbonyl (C=O) groups excluding carboxylic acids is 2. The zero-order chi connectivity index (χ0) is 19.2. The first kappa shape index (κ1) is 17.9. The molecule has 7 nitrogen and oxygen atoms in total. The van der Waals surface area contributed by atoms with Gasteiger partial charge in [-0.2, -0.15) is 0 Å². The van der Waals surface area contributed by atoms with Gasteiger partial charge in [0.25, 0.3) is 0 Å². The van der Waals surface area contributed by atoms with Crippen molar-refractivity contribution < 1.29 is 18.7 Å². The minimum atomic E-state index is -0.442. The van der Waals surface area contributed by atoms with Gasteiger partial charge in [-0.3, -0.25) is 9.69 Å². The summed E-state index contributed by atoms with van der Waals surface area (Å²) in [7, 11) is 0. The topological polar surface area (TPSA) is 67.2 Å². The molecule has 27 heavy (non-hydrogen) atoms. The first-order chi connectivity index (χ1) is 12.8. The van der Waals surface area contributed by atoms with Crippen LogP contribution in [-0.4, -0.2) is 56.9 Å². The number of halogens is 1. The van der Waals surface area contributed by atoms with Crippen LogP contribution < -0.4 is 0 Å². The van der Waals surface area contributed by atoms with Crippen molar-refractivity contribution in [3.63, 3.8) is 0 Å². The van der Waals surface area contributed by atoms with E-state index in [1.165, 1.54) is 11.0 Å². The highest BCUT2D eigenvalue weighted by Crippen LogP contribution is 2.32. The predicted molar refractivity (Wildman–Crippen MR) is 95.4 cm³/mol. The summed E-state index contributed by atoms with van der Waals surface area (Å²) >= 11 is 0. The zero-order valence-corrected chi connectivity index (χ0v) is 15.5. The van der Waals surface area contributed by atoms with Gasteiger partial charge in [-0.25, -0.2) is 14.2 Å². The molecule has 144 valence electrons. The number of nitrogens with zero attached hydrogens (tertiary/aromatic N) is 4. The number of hydrogen-bond acceptors (Lipinski definition) is 4. The Balaban J connectivity index is 1.48. The monoisotopic (exact) mass is 374 g/mol. The first-order valence-electron chi connectivity index (χ1n) is 9.15. The van der Waals surface area contributed by atoms with E-state index in [-0.39, 0.29) is 42.1 Å². The molecule has 0 aromatic carbocycles. The Labute approximate surface area is 156 Å². The van der Waals surface area contributed by atoms with E-state index in [9.17, 15) is 14.0 Å². The number of pyridine rings is 1. The first-order valence-corrected chi connectivity index (χ1v) is 9.15. The molecule has 2 aromatic heterocycles. The SMILES string of the molecule is CC1(C)COC(CN2CCC(=O)N(Cc3cn4cccc(F)c4n3)C2=O)C1. The molecule has 2 aliphatic rings. The van der Waals surface area contributed by atoms with Gasteiger partial charge in [0.1, 0.15) is 0 Å². The second-order valence-electron chi connectivity index (χ2n) is 8.08. The summed E-state index contributed by atoms with van der Waals surface area (Å²) in [5.41, 5.74) is 0.768. The molecule has 0 bridgehead atoms. The van der Waals surface area contributed by atoms with E-state index in [0.29, 0.717) is 25.4 Å². The van der Waals surface area contributed by atoms with Gasteiger partial charge in [-0.1, -0.05) is 13.8 Å². The maximum Gasteiger partial charge on any atom is 0.327 e. The van der Waals surface area contributed by atoms with Crippen LogP contribution in [0.5, 0.6) is 0 Å². The van der Waals surface area contributed by atoms with Crippen LogP contribution in [0.3, 0.4) is 0 Å². The third-order valence-electron chi connectivity index (χ3n) is 5.12. The maximum absolute atomic E-state index is 13.8. The van der Waals surface area contributed by atoms with Crippen LogP contribution in [0.15, 0.2) is 24.5 Å². The summed E-state index contributed by atoms with van der Waals surface area (Å²) in [6.45, 7) is 5.87. The predicted octanol–water partition coefficient (Wildman–Crippen LogP) is 2.44. The van der Waals surface area contributed by atoms with E-state index >= 15 is 0 Å². The number of hydrogen-bond donors (Lipinski definition) is 0. The largest absolute Gasteiger partial charge is 0.376 e. The number of imide groups is 1. The summed E-state index contributed by atoms with van der Waals surface area (Å²) in [5.74, 6) is -0.677. The fourth-order valence-electron chi connectivity index (χ4n) is 3.77. The summed E-state index contributed by atoms with van der Waals surface area (Å²) in [5, 5.41) is 0. The lowest BCUT2D eigenvalue weighted by Gasteiger charge is -2.35. The molecule has 2 saturated heterocycles. The number of urea groups is 1. The Kier molecular flexibility index (Phi) is 4.38. The molecule has 4 rings (SSSR count). The van der Waals surface area contributed by atoms with E-state index in [1.807, 2.05) is 0 Å². The molecular formula is C19H23FN4O3. The summed E-state index contributed by atoms with van der Waals surface area (Å²) in [4.78, 5) is 32.2. The molecule has 2 aliphatic heterocycles. The van der Waals surface area contributed by atoms with Crippen molar-refractivity contribution in [3.05, 3.63) is 36.0 Å². The zero-order valence-electron chi connectivity index (χ0n) is 15.5. The Bertz CT molecular complexity index is 894. The van der Waals surface area contributed by atoms with Crippen molar-refractivity contribution in [2.24, 2.45) is 5.41 Å². The Morgan fingerprint density at radius 3 is 2.89 bits per heavy atom. The molecule has 4 heterocycles. The third kappa shape index (κ3) is 3.53. The molecule has 1 unspecified atom stereocenters. The van der Waals surface area contributed by atoms with Crippen LogP contribution in [0.4, 0.5) is 9.18 Å². The standard InChI is InChI=1S/C19H23FN4O3/c1-19(2)8-14(27-12-19)11-23-7-5-16(25)24(18(23)26)10-13-9-22-6-3-4-15(20)17(22)21-13/h3-4,6,9,14H,5,7-8,10-12H2,1-2H3. The van der Waals surface area contributed by atoms with Crippen LogP contribution in [0.1, 0.15) is 32.4 Å². The van der Waals surface area contributed by atoms with E-state index in [2.05, 4.69) is 18.8 Å². The van der Waals surface area contributed by atoms with E-state index < -0.39 is 5.82 Å². The van der Waals surface area contributed by atoms with E-state index in [0.717, 1.165) is 6.42 Å². The van der Waals surface area contributed by atoms with Gasteiger partial charge >= 0.3 is 6.03 Å². The second kappa shape index (κ2) is 6.60. The van der Waals surface area contributed by atoms with Gasteiger partial charge in [0.2, 0.25) is 5.91 Å². The number of rotatable bonds is 4. The quantitative estimate of drug-likeness (QED) is 0.824. The van der Waals surface area contributed by atoms with Gasteiger partial charge in [0, 0.05) is 31.9 Å². The molecule has 0 aliphatic carbocycles. The highest BCUT2D eigenvalue weighted by Gasteiger charge is 2.37. The van der Waals surface area contributed by atoms with Crippen LogP contribution >= 0.6 is 0 Å². The minimum Gasteiger partial charge on any atom is -0.376 e. The van der Waals surface area contributed by atoms with Gasteiger partial charge in [0.05, 0.1) is 24.9 Å². The molecule has 0 saturated carbocycles. The number of aromatic nitrogens is 2. The molecular weight excluding hydrogens is 351 g/mol. The molecule has 8 heteroatoms. The van der Waals surface area contributed by atoms with Crippen LogP contribution in [0.25, 0.3) is 5.65 Å². The van der Waals surface area contributed by atoms with Gasteiger partial charge < -0.3 is 14.0 Å². The van der Waals surface area contributed by atoms with Crippen molar-refractivity contribution in [2.45, 2.75) is 39.3 Å². The molecule has 0 N–H and O–H groups in total.